The SMILES string of the molecule is CC/C=C\CCCCC(=O)CCO. The summed E-state index contributed by atoms with van der Waals surface area (Å²) in [5.74, 6) is 0.182. The minimum Gasteiger partial charge on any atom is -0.396 e. The van der Waals surface area contributed by atoms with Gasteiger partial charge in [0.2, 0.25) is 0 Å². The van der Waals surface area contributed by atoms with Gasteiger partial charge in [-0.3, -0.25) is 4.79 Å². The monoisotopic (exact) mass is 184 g/mol. The number of carbonyl (C=O) groups excluding carboxylic acids is 1. The highest BCUT2D eigenvalue weighted by molar-refractivity contribution is 5.78. The van der Waals surface area contributed by atoms with Crippen molar-refractivity contribution in [2.75, 3.05) is 6.61 Å². The van der Waals surface area contributed by atoms with Crippen molar-refractivity contribution in [2.24, 2.45) is 0 Å². The lowest BCUT2D eigenvalue weighted by Gasteiger charge is -1.96. The van der Waals surface area contributed by atoms with Crippen molar-refractivity contribution in [1.29, 1.82) is 0 Å². The quantitative estimate of drug-likeness (QED) is 0.465. The number of carbonyl (C=O) groups is 1. The molecule has 0 bridgehead atoms. The highest BCUT2D eigenvalue weighted by Gasteiger charge is 1.98. The van der Waals surface area contributed by atoms with Gasteiger partial charge in [0.05, 0.1) is 0 Å². The molecule has 1 N–H and O–H groups in total. The molecule has 0 atom stereocenters. The smallest absolute Gasteiger partial charge is 0.135 e. The van der Waals surface area contributed by atoms with Crippen LogP contribution in [0.2, 0.25) is 0 Å². The van der Waals surface area contributed by atoms with E-state index >= 15 is 0 Å². The molecule has 0 aromatic heterocycles. The predicted molar refractivity (Wildman–Crippen MR) is 54.6 cm³/mol. The van der Waals surface area contributed by atoms with Crippen LogP contribution < -0.4 is 0 Å². The second-order valence-corrected chi connectivity index (χ2v) is 3.14. The number of aliphatic hydroxyl groups excluding tert-OH is 1. The third kappa shape index (κ3) is 9.28. The second-order valence-electron chi connectivity index (χ2n) is 3.14. The van der Waals surface area contributed by atoms with Gasteiger partial charge in [0, 0.05) is 19.4 Å². The van der Waals surface area contributed by atoms with E-state index in [1.165, 1.54) is 0 Å². The predicted octanol–water partition coefficient (Wildman–Crippen LogP) is 2.46. The van der Waals surface area contributed by atoms with E-state index in [1.807, 2.05) is 0 Å². The zero-order valence-corrected chi connectivity index (χ0v) is 8.46. The molecule has 0 amide bonds. The van der Waals surface area contributed by atoms with E-state index in [4.69, 9.17) is 5.11 Å². The molecule has 0 aliphatic carbocycles. The fourth-order valence-corrected chi connectivity index (χ4v) is 1.12. The van der Waals surface area contributed by atoms with Crippen molar-refractivity contribution in [2.45, 2.75) is 45.4 Å². The van der Waals surface area contributed by atoms with Crippen LogP contribution in [0.4, 0.5) is 0 Å². The van der Waals surface area contributed by atoms with Crippen molar-refractivity contribution in [1.82, 2.24) is 0 Å². The van der Waals surface area contributed by atoms with E-state index in [-0.39, 0.29) is 12.4 Å². The molecule has 2 nitrogen and oxygen atoms in total. The number of hydrogen-bond acceptors (Lipinski definition) is 2. The lowest BCUT2D eigenvalue weighted by molar-refractivity contribution is -0.119. The summed E-state index contributed by atoms with van der Waals surface area (Å²) in [4.78, 5) is 11.0. The van der Waals surface area contributed by atoms with E-state index in [0.717, 1.165) is 25.7 Å². The van der Waals surface area contributed by atoms with Crippen LogP contribution in [-0.2, 0) is 4.79 Å². The highest BCUT2D eigenvalue weighted by atomic mass is 16.3. The van der Waals surface area contributed by atoms with Gasteiger partial charge in [-0.1, -0.05) is 19.1 Å². The maximum atomic E-state index is 11.0. The first kappa shape index (κ1) is 12.4. The molecule has 0 heterocycles. The molecule has 0 saturated carbocycles. The normalized spacial score (nSPS) is 10.9. The molecule has 0 fully saturated rings. The summed E-state index contributed by atoms with van der Waals surface area (Å²) >= 11 is 0. The summed E-state index contributed by atoms with van der Waals surface area (Å²) in [6.07, 6.45) is 9.45. The largest absolute Gasteiger partial charge is 0.396 e. The molecular weight excluding hydrogens is 164 g/mol. The summed E-state index contributed by atoms with van der Waals surface area (Å²) in [6, 6.07) is 0. The van der Waals surface area contributed by atoms with Gasteiger partial charge in [0.1, 0.15) is 5.78 Å². The van der Waals surface area contributed by atoms with Crippen LogP contribution in [0.25, 0.3) is 0 Å². The van der Waals surface area contributed by atoms with Crippen molar-refractivity contribution in [3.63, 3.8) is 0 Å². The molecule has 0 spiro atoms. The van der Waals surface area contributed by atoms with Crippen molar-refractivity contribution >= 4 is 5.78 Å². The first-order valence-electron chi connectivity index (χ1n) is 5.08. The Morgan fingerprint density at radius 1 is 1.23 bits per heavy atom. The summed E-state index contributed by atoms with van der Waals surface area (Å²) in [5, 5.41) is 8.48. The third-order valence-corrected chi connectivity index (χ3v) is 1.87. The first-order chi connectivity index (χ1) is 6.31. The first-order valence-corrected chi connectivity index (χ1v) is 5.08. The van der Waals surface area contributed by atoms with Gasteiger partial charge in [0.25, 0.3) is 0 Å². The molecule has 2 heteroatoms. The Hall–Kier alpha value is -0.630. The van der Waals surface area contributed by atoms with Gasteiger partial charge in [0.15, 0.2) is 0 Å². The number of aliphatic hydroxyl groups is 1. The second kappa shape index (κ2) is 9.46. The summed E-state index contributed by atoms with van der Waals surface area (Å²) in [6.45, 7) is 2.11. The van der Waals surface area contributed by atoms with Gasteiger partial charge < -0.3 is 5.11 Å². The zero-order chi connectivity index (χ0) is 9.94. The lowest BCUT2D eigenvalue weighted by atomic mass is 10.1. The Kier molecular flexibility index (Phi) is 9.00. The Morgan fingerprint density at radius 3 is 2.62 bits per heavy atom. The molecule has 0 radical (unpaired) electrons. The van der Waals surface area contributed by atoms with Crippen LogP contribution in [0, 0.1) is 0 Å². The maximum Gasteiger partial charge on any atom is 0.135 e. The molecule has 76 valence electrons. The van der Waals surface area contributed by atoms with Gasteiger partial charge in [-0.15, -0.1) is 0 Å². The topological polar surface area (TPSA) is 37.3 Å². The summed E-state index contributed by atoms with van der Waals surface area (Å²) < 4.78 is 0. The number of hydrogen-bond donors (Lipinski definition) is 1. The Balaban J connectivity index is 3.15. The molecule has 0 aliphatic rings. The molecule has 0 unspecified atom stereocenters. The maximum absolute atomic E-state index is 11.0. The molecule has 0 aromatic carbocycles. The molecule has 0 aromatic rings. The summed E-state index contributed by atoms with van der Waals surface area (Å²) in [5.41, 5.74) is 0. The minimum atomic E-state index is -0.00539. The van der Waals surface area contributed by atoms with Crippen LogP contribution in [0.5, 0.6) is 0 Å². The number of allylic oxidation sites excluding steroid dienone is 2. The molecular formula is C11H20O2. The van der Waals surface area contributed by atoms with E-state index < -0.39 is 0 Å². The molecule has 0 saturated heterocycles. The van der Waals surface area contributed by atoms with Crippen LogP contribution in [0.1, 0.15) is 45.4 Å². The van der Waals surface area contributed by atoms with Crippen molar-refractivity contribution in [3.05, 3.63) is 12.2 Å². The Bertz CT molecular complexity index is 150. The fraction of sp³-hybridized carbons (Fsp3) is 0.727. The zero-order valence-electron chi connectivity index (χ0n) is 8.46. The van der Waals surface area contributed by atoms with E-state index in [1.54, 1.807) is 0 Å². The van der Waals surface area contributed by atoms with E-state index in [9.17, 15) is 4.79 Å². The van der Waals surface area contributed by atoms with Crippen LogP contribution in [0.15, 0.2) is 12.2 Å². The molecule has 13 heavy (non-hydrogen) atoms. The standard InChI is InChI=1S/C11H20O2/c1-2-3-4-5-6-7-8-11(13)9-10-12/h3-4,12H,2,5-10H2,1H3/b4-3-. The average Bonchev–Trinajstić information content (AvgIpc) is 2.11. The third-order valence-electron chi connectivity index (χ3n) is 1.87. The van der Waals surface area contributed by atoms with Crippen molar-refractivity contribution in [3.8, 4) is 0 Å². The van der Waals surface area contributed by atoms with Gasteiger partial charge in [-0.2, -0.15) is 0 Å². The van der Waals surface area contributed by atoms with Crippen LogP contribution in [-0.4, -0.2) is 17.5 Å². The minimum absolute atomic E-state index is 0.00539. The summed E-state index contributed by atoms with van der Waals surface area (Å²) in [7, 11) is 0. The lowest BCUT2D eigenvalue weighted by Crippen LogP contribution is -1.99. The average molecular weight is 184 g/mol. The van der Waals surface area contributed by atoms with Gasteiger partial charge in [-0.05, 0) is 25.7 Å². The van der Waals surface area contributed by atoms with Crippen LogP contribution >= 0.6 is 0 Å². The van der Waals surface area contributed by atoms with Gasteiger partial charge >= 0.3 is 0 Å². The van der Waals surface area contributed by atoms with Crippen molar-refractivity contribution < 1.29 is 9.90 Å². The van der Waals surface area contributed by atoms with E-state index in [2.05, 4.69) is 19.1 Å². The van der Waals surface area contributed by atoms with E-state index in [0.29, 0.717) is 12.8 Å². The fourth-order valence-electron chi connectivity index (χ4n) is 1.12. The molecule has 0 aliphatic heterocycles. The number of unbranched alkanes of at least 4 members (excludes halogenated alkanes) is 2. The molecule has 0 rings (SSSR count). The Labute approximate surface area is 80.7 Å². The van der Waals surface area contributed by atoms with Crippen LogP contribution in [0.3, 0.4) is 0 Å². The van der Waals surface area contributed by atoms with Gasteiger partial charge in [-0.25, -0.2) is 0 Å². The number of ketones is 1. The highest BCUT2D eigenvalue weighted by Crippen LogP contribution is 2.03. The number of rotatable bonds is 8. The Morgan fingerprint density at radius 2 is 2.00 bits per heavy atom. The number of Topliss-reactive ketones (excluding diaryl/α,β-unsaturated/α-hetero) is 1.